The van der Waals surface area contributed by atoms with E-state index in [0.717, 1.165) is 18.0 Å². The van der Waals surface area contributed by atoms with Gasteiger partial charge in [0, 0.05) is 6.04 Å². The Hall–Kier alpha value is -0.910. The molecule has 1 aliphatic carbocycles. The van der Waals surface area contributed by atoms with Gasteiger partial charge >= 0.3 is 0 Å². The Morgan fingerprint density at radius 2 is 1.94 bits per heavy atom. The zero-order chi connectivity index (χ0) is 12.5. The molecule has 1 aromatic rings. The molecule has 4 nitrogen and oxygen atoms in total. The standard InChI is InChI=1S/C12H18N2O2S/c1-9(14-8-10-2-3-10)11-4-6-12(7-5-11)17(13,15)16/h4-7,9-10,14H,2-3,8H2,1H3,(H2,13,15,16). The average molecular weight is 254 g/mol. The number of hydrogen-bond acceptors (Lipinski definition) is 3. The van der Waals surface area contributed by atoms with Crippen LogP contribution in [0.25, 0.3) is 0 Å². The van der Waals surface area contributed by atoms with Crippen LogP contribution in [0, 0.1) is 5.92 Å². The minimum absolute atomic E-state index is 0.163. The van der Waals surface area contributed by atoms with Crippen molar-refractivity contribution in [3.05, 3.63) is 29.8 Å². The first kappa shape index (κ1) is 12.5. The second-order valence-corrected chi connectivity index (χ2v) is 6.25. The van der Waals surface area contributed by atoms with E-state index < -0.39 is 10.0 Å². The SMILES string of the molecule is CC(NCC1CC1)c1ccc(S(N)(=O)=O)cc1. The number of primary sulfonamides is 1. The second-order valence-electron chi connectivity index (χ2n) is 4.69. The van der Waals surface area contributed by atoms with E-state index in [4.69, 9.17) is 5.14 Å². The fraction of sp³-hybridized carbons (Fsp3) is 0.500. The van der Waals surface area contributed by atoms with Crippen LogP contribution < -0.4 is 10.5 Å². The van der Waals surface area contributed by atoms with E-state index >= 15 is 0 Å². The Balaban J connectivity index is 2.00. The Labute approximate surface area is 102 Å². The van der Waals surface area contributed by atoms with Gasteiger partial charge in [0.25, 0.3) is 0 Å². The first-order valence-corrected chi connectivity index (χ1v) is 7.37. The summed E-state index contributed by atoms with van der Waals surface area (Å²) >= 11 is 0. The molecule has 0 amide bonds. The highest BCUT2D eigenvalue weighted by Gasteiger charge is 2.21. The van der Waals surface area contributed by atoms with Crippen molar-refractivity contribution in [3.8, 4) is 0 Å². The fourth-order valence-electron chi connectivity index (χ4n) is 1.73. The third-order valence-corrected chi connectivity index (χ3v) is 4.05. The summed E-state index contributed by atoms with van der Waals surface area (Å²) in [6.07, 6.45) is 2.65. The van der Waals surface area contributed by atoms with Crippen molar-refractivity contribution in [2.75, 3.05) is 6.54 Å². The lowest BCUT2D eigenvalue weighted by Crippen LogP contribution is -2.21. The lowest BCUT2D eigenvalue weighted by Gasteiger charge is -2.14. The normalized spacial score (nSPS) is 18.0. The summed E-state index contributed by atoms with van der Waals surface area (Å²) in [6.45, 7) is 3.12. The summed E-state index contributed by atoms with van der Waals surface area (Å²) < 4.78 is 22.2. The summed E-state index contributed by atoms with van der Waals surface area (Å²) in [5.41, 5.74) is 1.08. The minimum Gasteiger partial charge on any atom is -0.310 e. The minimum atomic E-state index is -3.58. The number of benzene rings is 1. The van der Waals surface area contributed by atoms with Gasteiger partial charge in [-0.1, -0.05) is 12.1 Å². The van der Waals surface area contributed by atoms with Gasteiger partial charge in [-0.05, 0) is 49.9 Å². The molecule has 1 atom stereocenters. The molecule has 0 bridgehead atoms. The highest BCUT2D eigenvalue weighted by atomic mass is 32.2. The van der Waals surface area contributed by atoms with Gasteiger partial charge in [-0.2, -0.15) is 0 Å². The Kier molecular flexibility index (Phi) is 3.51. The molecule has 1 fully saturated rings. The van der Waals surface area contributed by atoms with Crippen molar-refractivity contribution in [1.82, 2.24) is 5.32 Å². The monoisotopic (exact) mass is 254 g/mol. The van der Waals surface area contributed by atoms with Crippen molar-refractivity contribution in [1.29, 1.82) is 0 Å². The first-order chi connectivity index (χ1) is 7.97. The van der Waals surface area contributed by atoms with Crippen molar-refractivity contribution >= 4 is 10.0 Å². The predicted octanol–water partition coefficient (Wildman–Crippen LogP) is 1.39. The molecule has 1 aromatic carbocycles. The molecule has 0 heterocycles. The van der Waals surface area contributed by atoms with Crippen LogP contribution in [0.1, 0.15) is 31.4 Å². The van der Waals surface area contributed by atoms with E-state index in [9.17, 15) is 8.42 Å². The molecular weight excluding hydrogens is 236 g/mol. The molecule has 94 valence electrons. The van der Waals surface area contributed by atoms with Gasteiger partial charge in [0.05, 0.1) is 4.90 Å². The van der Waals surface area contributed by atoms with Crippen molar-refractivity contribution in [2.45, 2.75) is 30.7 Å². The van der Waals surface area contributed by atoms with Crippen LogP contribution in [0.2, 0.25) is 0 Å². The summed E-state index contributed by atoms with van der Waals surface area (Å²) in [7, 11) is -3.58. The van der Waals surface area contributed by atoms with Crippen LogP contribution >= 0.6 is 0 Å². The quantitative estimate of drug-likeness (QED) is 0.834. The first-order valence-electron chi connectivity index (χ1n) is 5.83. The van der Waals surface area contributed by atoms with Crippen molar-refractivity contribution < 1.29 is 8.42 Å². The van der Waals surface area contributed by atoms with Gasteiger partial charge in [-0.3, -0.25) is 0 Å². The Bertz CT molecular complexity index is 478. The summed E-state index contributed by atoms with van der Waals surface area (Å²) in [6, 6.07) is 6.97. The van der Waals surface area contributed by atoms with E-state index in [0.29, 0.717) is 0 Å². The molecule has 0 radical (unpaired) electrons. The molecule has 0 aliphatic heterocycles. The van der Waals surface area contributed by atoms with Crippen LogP contribution in [-0.2, 0) is 10.0 Å². The molecule has 0 aromatic heterocycles. The predicted molar refractivity (Wildman–Crippen MR) is 67.0 cm³/mol. The van der Waals surface area contributed by atoms with Gasteiger partial charge in [0.1, 0.15) is 0 Å². The topological polar surface area (TPSA) is 72.2 Å². The van der Waals surface area contributed by atoms with E-state index in [1.807, 2.05) is 12.1 Å². The van der Waals surface area contributed by atoms with Gasteiger partial charge in [-0.25, -0.2) is 13.6 Å². The zero-order valence-corrected chi connectivity index (χ0v) is 10.7. The maximum atomic E-state index is 11.1. The van der Waals surface area contributed by atoms with E-state index in [1.54, 1.807) is 12.1 Å². The van der Waals surface area contributed by atoms with Crippen LogP contribution in [0.4, 0.5) is 0 Å². The Morgan fingerprint density at radius 1 is 1.35 bits per heavy atom. The zero-order valence-electron chi connectivity index (χ0n) is 9.89. The van der Waals surface area contributed by atoms with Crippen molar-refractivity contribution in [2.24, 2.45) is 11.1 Å². The highest BCUT2D eigenvalue weighted by molar-refractivity contribution is 7.89. The maximum absolute atomic E-state index is 11.1. The summed E-state index contributed by atoms with van der Waals surface area (Å²) in [5.74, 6) is 0.834. The molecule has 3 N–H and O–H groups in total. The highest BCUT2D eigenvalue weighted by Crippen LogP contribution is 2.28. The van der Waals surface area contributed by atoms with Crippen molar-refractivity contribution in [3.63, 3.8) is 0 Å². The van der Waals surface area contributed by atoms with Crippen LogP contribution in [0.5, 0.6) is 0 Å². The molecule has 0 spiro atoms. The molecule has 1 saturated carbocycles. The van der Waals surface area contributed by atoms with E-state index in [-0.39, 0.29) is 10.9 Å². The molecule has 2 rings (SSSR count). The maximum Gasteiger partial charge on any atom is 0.238 e. The number of rotatable bonds is 5. The van der Waals surface area contributed by atoms with Gasteiger partial charge in [-0.15, -0.1) is 0 Å². The van der Waals surface area contributed by atoms with E-state index in [1.165, 1.54) is 12.8 Å². The molecular formula is C12H18N2O2S. The Morgan fingerprint density at radius 3 is 2.41 bits per heavy atom. The number of nitrogens with one attached hydrogen (secondary N) is 1. The third kappa shape index (κ3) is 3.52. The third-order valence-electron chi connectivity index (χ3n) is 3.12. The van der Waals surface area contributed by atoms with Crippen LogP contribution in [-0.4, -0.2) is 15.0 Å². The smallest absolute Gasteiger partial charge is 0.238 e. The molecule has 1 aliphatic rings. The number of sulfonamides is 1. The molecule has 17 heavy (non-hydrogen) atoms. The average Bonchev–Trinajstić information content (AvgIpc) is 3.09. The molecule has 0 saturated heterocycles. The number of hydrogen-bond donors (Lipinski definition) is 2. The molecule has 5 heteroatoms. The lowest BCUT2D eigenvalue weighted by atomic mass is 10.1. The summed E-state index contributed by atoms with van der Waals surface area (Å²) in [4.78, 5) is 0.163. The number of nitrogens with two attached hydrogens (primary N) is 1. The summed E-state index contributed by atoms with van der Waals surface area (Å²) in [5, 5.41) is 8.48. The molecule has 1 unspecified atom stereocenters. The fourth-order valence-corrected chi connectivity index (χ4v) is 2.24. The second kappa shape index (κ2) is 4.76. The van der Waals surface area contributed by atoms with Crippen LogP contribution in [0.15, 0.2) is 29.2 Å². The van der Waals surface area contributed by atoms with Gasteiger partial charge in [0.2, 0.25) is 10.0 Å². The lowest BCUT2D eigenvalue weighted by molar-refractivity contribution is 0.548. The van der Waals surface area contributed by atoms with Gasteiger partial charge in [0.15, 0.2) is 0 Å². The largest absolute Gasteiger partial charge is 0.310 e. The van der Waals surface area contributed by atoms with E-state index in [2.05, 4.69) is 12.2 Å². The van der Waals surface area contributed by atoms with Gasteiger partial charge < -0.3 is 5.32 Å². The van der Waals surface area contributed by atoms with Crippen LogP contribution in [0.3, 0.4) is 0 Å².